The van der Waals surface area contributed by atoms with Crippen LogP contribution in [0.1, 0.15) is 0 Å². The van der Waals surface area contributed by atoms with Crippen molar-refractivity contribution in [3.63, 3.8) is 0 Å². The molecule has 0 atom stereocenters. The topological polar surface area (TPSA) is 146 Å². The molecule has 0 aromatic heterocycles. The van der Waals surface area contributed by atoms with Gasteiger partial charge < -0.3 is 24.4 Å². The molecule has 0 N–H and O–H groups in total. The van der Waals surface area contributed by atoms with Gasteiger partial charge in [-0.3, -0.25) is 8.42 Å². The molecule has 62 valence electrons. The molecule has 0 aliphatic heterocycles. The van der Waals surface area contributed by atoms with E-state index in [9.17, 15) is 0 Å². The minimum atomic E-state index is -5.17. The van der Waals surface area contributed by atoms with Crippen molar-refractivity contribution < 1.29 is 69.2 Å². The molecular weight excluding hydrogens is 237 g/mol. The molecule has 0 aliphatic rings. The molecule has 0 aromatic carbocycles. The molecule has 11 heavy (non-hydrogen) atoms. The number of nitrogens with zero attached hydrogens (tertiary/aromatic N) is 1. The molecule has 0 heterocycles. The van der Waals surface area contributed by atoms with E-state index in [-0.39, 0.29) is 46.6 Å². The zero-order chi connectivity index (χ0) is 8.08. The van der Waals surface area contributed by atoms with Crippen LogP contribution in [0.15, 0.2) is 0 Å². The first-order valence-electron chi connectivity index (χ1n) is 1.21. The van der Waals surface area contributed by atoms with Crippen LogP contribution < -0.4 is 29.6 Å². The van der Waals surface area contributed by atoms with Crippen LogP contribution in [0.3, 0.4) is 0 Å². The normalized spacial score (nSPS) is 7.45. The van der Waals surface area contributed by atoms with Crippen molar-refractivity contribution in [3.8, 4) is 0 Å². The van der Waals surface area contributed by atoms with Crippen LogP contribution in [0.4, 0.5) is 0 Å². The summed E-state index contributed by atoms with van der Waals surface area (Å²) in [6.07, 6.45) is 0. The third kappa shape index (κ3) is 2250. The van der Waals surface area contributed by atoms with Crippen molar-refractivity contribution in [1.29, 1.82) is 0 Å². The van der Waals surface area contributed by atoms with Crippen LogP contribution >= 0.6 is 0 Å². The SMILES string of the molecule is O=S(=O)([O-])[O-].O=[N+]([O-])[O-].[Fe+2].[Na+]. The van der Waals surface area contributed by atoms with Gasteiger partial charge in [0.15, 0.2) is 0 Å². The summed E-state index contributed by atoms with van der Waals surface area (Å²) in [5.41, 5.74) is 0. The Balaban J connectivity index is -0.0000000383. The van der Waals surface area contributed by atoms with Gasteiger partial charge in [0.05, 0.1) is 5.09 Å². The summed E-state index contributed by atoms with van der Waals surface area (Å²) in [4.78, 5) is 8.25. The molecule has 0 aromatic rings. The fraction of sp³-hybridized carbons (Fsp3) is 0. The van der Waals surface area contributed by atoms with E-state index in [0.29, 0.717) is 0 Å². The maximum Gasteiger partial charge on any atom is 2.00 e. The van der Waals surface area contributed by atoms with Crippen molar-refractivity contribution in [2.45, 2.75) is 0 Å². The molecule has 0 radical (unpaired) electrons. The van der Waals surface area contributed by atoms with E-state index in [1.165, 1.54) is 0 Å². The molecule has 0 amide bonds. The second-order valence-electron chi connectivity index (χ2n) is 0.632. The van der Waals surface area contributed by atoms with Gasteiger partial charge in [-0.05, 0) is 0 Å². The Labute approximate surface area is 94.4 Å². The zero-order valence-corrected chi connectivity index (χ0v) is 8.99. The van der Waals surface area contributed by atoms with Crippen LogP contribution in [-0.4, -0.2) is 22.6 Å². The van der Waals surface area contributed by atoms with Crippen LogP contribution in [-0.2, 0) is 27.5 Å². The Morgan fingerprint density at radius 1 is 1.09 bits per heavy atom. The zero-order valence-electron chi connectivity index (χ0n) is 5.07. The predicted octanol–water partition coefficient (Wildman–Crippen LogP) is -4.58. The number of hydrogen-bond donors (Lipinski definition) is 0. The van der Waals surface area contributed by atoms with E-state index >= 15 is 0 Å². The number of rotatable bonds is 0. The number of hydrogen-bond acceptors (Lipinski definition) is 7. The largest absolute Gasteiger partial charge is 2.00 e. The van der Waals surface area contributed by atoms with E-state index in [2.05, 4.69) is 0 Å². The summed E-state index contributed by atoms with van der Waals surface area (Å²) in [5.74, 6) is 0. The van der Waals surface area contributed by atoms with Crippen molar-refractivity contribution in [2.75, 3.05) is 0 Å². The van der Waals surface area contributed by atoms with E-state index < -0.39 is 15.5 Å². The van der Waals surface area contributed by atoms with Crippen LogP contribution in [0.5, 0.6) is 0 Å². The molecule has 0 fully saturated rings. The van der Waals surface area contributed by atoms with E-state index in [0.717, 1.165) is 0 Å². The summed E-state index contributed by atoms with van der Waals surface area (Å²) in [6, 6.07) is 0. The maximum atomic E-state index is 8.52. The Kier molecular flexibility index (Phi) is 21.7. The molecule has 0 spiro atoms. The summed E-state index contributed by atoms with van der Waals surface area (Å²) in [5, 5.41) is 14.8. The summed E-state index contributed by atoms with van der Waals surface area (Å²) in [6.45, 7) is 0. The van der Waals surface area contributed by atoms with Crippen LogP contribution in [0, 0.1) is 15.3 Å². The van der Waals surface area contributed by atoms with Crippen molar-refractivity contribution in [2.24, 2.45) is 0 Å². The first kappa shape index (κ1) is 22.6. The van der Waals surface area contributed by atoms with Gasteiger partial charge in [0.1, 0.15) is 0 Å². The fourth-order valence-electron chi connectivity index (χ4n) is 0. The maximum absolute atomic E-state index is 8.52. The van der Waals surface area contributed by atoms with Crippen molar-refractivity contribution >= 4 is 10.4 Å². The third-order valence-corrected chi connectivity index (χ3v) is 0. The standard InChI is InChI=1S/Fe.NO3.Na.H2O4S/c;2-1(3)4;;1-5(2,3)4/h;;;(H2,1,2,3,4)/q+2;-1;+1;/p-2. The molecule has 0 unspecified atom stereocenters. The first-order valence-corrected chi connectivity index (χ1v) is 2.55. The van der Waals surface area contributed by atoms with Gasteiger partial charge in [-0.15, -0.1) is 0 Å². The van der Waals surface area contributed by atoms with E-state index in [4.69, 9.17) is 32.8 Å². The smallest absolute Gasteiger partial charge is 0.759 e. The van der Waals surface area contributed by atoms with Gasteiger partial charge in [-0.1, -0.05) is 0 Å². The summed E-state index contributed by atoms with van der Waals surface area (Å²) < 4.78 is 34.1. The van der Waals surface area contributed by atoms with E-state index in [1.54, 1.807) is 0 Å². The van der Waals surface area contributed by atoms with Crippen molar-refractivity contribution in [1.82, 2.24) is 0 Å². The molecule has 0 saturated carbocycles. The second-order valence-corrected chi connectivity index (χ2v) is 1.45. The monoisotopic (exact) mass is 237 g/mol. The Morgan fingerprint density at radius 3 is 1.09 bits per heavy atom. The summed E-state index contributed by atoms with van der Waals surface area (Å²) >= 11 is 0. The predicted molar refractivity (Wildman–Crippen MR) is 20.8 cm³/mol. The van der Waals surface area contributed by atoms with E-state index in [1.807, 2.05) is 0 Å². The van der Waals surface area contributed by atoms with Gasteiger partial charge in [-0.25, -0.2) is 0 Å². The van der Waals surface area contributed by atoms with Gasteiger partial charge in [-0.2, -0.15) is 0 Å². The first-order chi connectivity index (χ1) is 3.73. The van der Waals surface area contributed by atoms with Gasteiger partial charge in [0, 0.05) is 10.4 Å². The minimum absolute atomic E-state index is 0. The average molecular weight is 237 g/mol. The van der Waals surface area contributed by atoms with Gasteiger partial charge in [0.25, 0.3) is 0 Å². The molecule has 0 rings (SSSR count). The summed E-state index contributed by atoms with van der Waals surface area (Å²) in [7, 11) is -5.17. The third-order valence-electron chi connectivity index (χ3n) is 0. The average Bonchev–Trinajstić information content (AvgIpc) is 1.19. The van der Waals surface area contributed by atoms with Gasteiger partial charge in [0.2, 0.25) is 0 Å². The molecule has 0 bridgehead atoms. The van der Waals surface area contributed by atoms with Gasteiger partial charge >= 0.3 is 46.6 Å². The molecule has 0 saturated heterocycles. The Morgan fingerprint density at radius 2 is 1.09 bits per heavy atom. The fourth-order valence-corrected chi connectivity index (χ4v) is 0. The molecule has 11 heteroatoms. The molecular formula is FeNNaO7S. The second kappa shape index (κ2) is 10.6. The minimum Gasteiger partial charge on any atom is -0.759 e. The van der Waals surface area contributed by atoms with Crippen molar-refractivity contribution in [3.05, 3.63) is 15.3 Å². The molecule has 8 nitrogen and oxygen atoms in total. The molecule has 0 aliphatic carbocycles. The van der Waals surface area contributed by atoms with Crippen LogP contribution in [0.2, 0.25) is 0 Å². The quantitative estimate of drug-likeness (QED) is 0.135. The Hall–Kier alpha value is 0.589. The van der Waals surface area contributed by atoms with Crippen LogP contribution in [0.25, 0.3) is 0 Å². The Bertz CT molecular complexity index is 161.